The molecule has 4 N–H and O–H groups in total. The van der Waals surface area contributed by atoms with Crippen molar-refractivity contribution in [3.63, 3.8) is 0 Å². The average molecular weight is 346 g/mol. The first kappa shape index (κ1) is 17.8. The number of H-pyrrole nitrogens is 1. The Kier molecular flexibility index (Phi) is 5.12. The molecule has 0 saturated carbocycles. The second-order valence-electron chi connectivity index (χ2n) is 5.16. The van der Waals surface area contributed by atoms with Gasteiger partial charge in [-0.3, -0.25) is 5.10 Å². The molecule has 2 aromatic rings. The van der Waals surface area contributed by atoms with Crippen LogP contribution in [0.2, 0.25) is 0 Å². The first-order valence-electron chi connectivity index (χ1n) is 7.01. The highest BCUT2D eigenvalue weighted by Crippen LogP contribution is 2.40. The number of hydrogen-bond acceptors (Lipinski definition) is 4. The molecule has 2 aromatic heterocycles. The summed E-state index contributed by atoms with van der Waals surface area (Å²) >= 11 is 0. The zero-order valence-corrected chi connectivity index (χ0v) is 12.8. The summed E-state index contributed by atoms with van der Waals surface area (Å²) in [6.45, 7) is -0.244. The number of carbonyl (C=O) groups excluding carboxylic acids is 1. The van der Waals surface area contributed by atoms with Crippen LogP contribution in [0.4, 0.5) is 18.0 Å². The molecule has 1 atom stereocenters. The highest BCUT2D eigenvalue weighted by atomic mass is 19.4. The lowest BCUT2D eigenvalue weighted by atomic mass is 9.97. The molecule has 0 aliphatic carbocycles. The monoisotopic (exact) mass is 346 g/mol. The van der Waals surface area contributed by atoms with Crippen molar-refractivity contribution in [1.82, 2.24) is 30.4 Å². The van der Waals surface area contributed by atoms with Gasteiger partial charge < -0.3 is 20.3 Å². The number of nitrogens with zero attached hydrogens (tertiary/aromatic N) is 3. The molecule has 11 heteroatoms. The molecule has 0 bridgehead atoms. The number of amides is 2. The van der Waals surface area contributed by atoms with E-state index >= 15 is 0 Å². The van der Waals surface area contributed by atoms with Crippen LogP contribution >= 0.6 is 0 Å². The van der Waals surface area contributed by atoms with E-state index in [4.69, 9.17) is 0 Å². The molecule has 132 valence electrons. The number of rotatable bonds is 6. The van der Waals surface area contributed by atoms with Gasteiger partial charge in [0.25, 0.3) is 0 Å². The minimum Gasteiger partial charge on any atom is -0.374 e. The van der Waals surface area contributed by atoms with Crippen LogP contribution in [0, 0.1) is 0 Å². The van der Waals surface area contributed by atoms with Crippen LogP contribution in [-0.4, -0.2) is 43.6 Å². The number of aromatic amines is 1. The van der Waals surface area contributed by atoms with Gasteiger partial charge in [-0.1, -0.05) is 0 Å². The van der Waals surface area contributed by atoms with Crippen molar-refractivity contribution in [3.05, 3.63) is 36.2 Å². The van der Waals surface area contributed by atoms with E-state index in [2.05, 4.69) is 25.8 Å². The van der Waals surface area contributed by atoms with Gasteiger partial charge in [0.05, 0.1) is 12.2 Å². The molecule has 2 amide bonds. The third-order valence-corrected chi connectivity index (χ3v) is 3.43. The fourth-order valence-corrected chi connectivity index (χ4v) is 2.12. The number of nitrogens with one attached hydrogen (secondary N) is 3. The van der Waals surface area contributed by atoms with Crippen LogP contribution in [0.15, 0.2) is 24.7 Å². The SMILES string of the molecule is Cn1ccnc1[C@@](O)(CCNC(=O)NCc1ccn[nH]1)C(F)(F)F. The molecule has 2 rings (SSSR count). The van der Waals surface area contributed by atoms with Crippen LogP contribution in [0.1, 0.15) is 17.9 Å². The van der Waals surface area contributed by atoms with Crippen molar-refractivity contribution in [2.75, 3.05) is 6.54 Å². The Hall–Kier alpha value is -2.56. The molecule has 0 unspecified atom stereocenters. The fourth-order valence-electron chi connectivity index (χ4n) is 2.12. The highest BCUT2D eigenvalue weighted by molar-refractivity contribution is 5.73. The van der Waals surface area contributed by atoms with Crippen LogP contribution in [0.5, 0.6) is 0 Å². The van der Waals surface area contributed by atoms with Gasteiger partial charge in [-0.15, -0.1) is 0 Å². The van der Waals surface area contributed by atoms with Crippen molar-refractivity contribution in [2.24, 2.45) is 7.05 Å². The molecule has 0 radical (unpaired) electrons. The van der Waals surface area contributed by atoms with E-state index in [1.165, 1.54) is 19.4 Å². The van der Waals surface area contributed by atoms with E-state index in [0.717, 1.165) is 10.8 Å². The van der Waals surface area contributed by atoms with Crippen molar-refractivity contribution < 1.29 is 23.1 Å². The lowest BCUT2D eigenvalue weighted by Crippen LogP contribution is -2.47. The summed E-state index contributed by atoms with van der Waals surface area (Å²) in [7, 11) is 1.35. The van der Waals surface area contributed by atoms with Gasteiger partial charge in [-0.25, -0.2) is 9.78 Å². The highest BCUT2D eigenvalue weighted by Gasteiger charge is 2.57. The van der Waals surface area contributed by atoms with E-state index in [-0.39, 0.29) is 6.54 Å². The van der Waals surface area contributed by atoms with Gasteiger partial charge >= 0.3 is 12.2 Å². The number of aryl methyl sites for hydroxylation is 1. The molecule has 2 heterocycles. The molecular weight excluding hydrogens is 329 g/mol. The number of halogens is 3. The molecule has 0 fully saturated rings. The van der Waals surface area contributed by atoms with Crippen molar-refractivity contribution in [1.29, 1.82) is 0 Å². The zero-order chi connectivity index (χ0) is 17.8. The Balaban J connectivity index is 1.92. The van der Waals surface area contributed by atoms with Crippen molar-refractivity contribution >= 4 is 6.03 Å². The largest absolute Gasteiger partial charge is 0.424 e. The fraction of sp³-hybridized carbons (Fsp3) is 0.462. The number of imidazole rings is 1. The van der Waals surface area contributed by atoms with Crippen LogP contribution in [-0.2, 0) is 19.2 Å². The average Bonchev–Trinajstić information content (AvgIpc) is 3.15. The molecule has 0 aliphatic heterocycles. The van der Waals surface area contributed by atoms with Crippen molar-refractivity contribution in [3.8, 4) is 0 Å². The first-order valence-corrected chi connectivity index (χ1v) is 7.01. The van der Waals surface area contributed by atoms with Crippen LogP contribution in [0.25, 0.3) is 0 Å². The predicted octanol–water partition coefficient (Wildman–Crippen LogP) is 0.783. The number of aromatic nitrogens is 4. The van der Waals surface area contributed by atoms with Gasteiger partial charge in [0.2, 0.25) is 5.60 Å². The zero-order valence-electron chi connectivity index (χ0n) is 12.8. The maximum Gasteiger partial charge on any atom is 0.424 e. The quantitative estimate of drug-likeness (QED) is 0.620. The van der Waals surface area contributed by atoms with Gasteiger partial charge in [0, 0.05) is 38.6 Å². The van der Waals surface area contributed by atoms with Crippen LogP contribution < -0.4 is 10.6 Å². The van der Waals surface area contributed by atoms with Gasteiger partial charge in [-0.05, 0) is 6.07 Å². The molecular formula is C13H17F3N6O2. The lowest BCUT2D eigenvalue weighted by Gasteiger charge is -2.29. The molecule has 0 aliphatic rings. The Labute approximate surface area is 135 Å². The first-order chi connectivity index (χ1) is 11.2. The van der Waals surface area contributed by atoms with Crippen molar-refractivity contribution in [2.45, 2.75) is 24.7 Å². The third kappa shape index (κ3) is 3.85. The Bertz CT molecular complexity index is 670. The van der Waals surface area contributed by atoms with E-state index in [1.807, 2.05) is 0 Å². The second-order valence-corrected chi connectivity index (χ2v) is 5.16. The number of alkyl halides is 3. The summed E-state index contributed by atoms with van der Waals surface area (Å²) in [5, 5.41) is 21.1. The number of aliphatic hydroxyl groups is 1. The number of carbonyl (C=O) groups is 1. The summed E-state index contributed by atoms with van der Waals surface area (Å²) in [5.74, 6) is -0.533. The predicted molar refractivity (Wildman–Crippen MR) is 76.6 cm³/mol. The van der Waals surface area contributed by atoms with Gasteiger partial charge in [0.15, 0.2) is 0 Å². The second kappa shape index (κ2) is 6.91. The summed E-state index contributed by atoms with van der Waals surface area (Å²) in [4.78, 5) is 15.2. The number of urea groups is 1. The van der Waals surface area contributed by atoms with Crippen LogP contribution in [0.3, 0.4) is 0 Å². The molecule has 8 nitrogen and oxygen atoms in total. The molecule has 0 saturated heterocycles. The van der Waals surface area contributed by atoms with E-state index in [0.29, 0.717) is 5.69 Å². The summed E-state index contributed by atoms with van der Waals surface area (Å²) in [6.07, 6.45) is -1.72. The van der Waals surface area contributed by atoms with E-state index < -0.39 is 36.6 Å². The van der Waals surface area contributed by atoms with E-state index in [1.54, 1.807) is 6.07 Å². The Morgan fingerprint density at radius 1 is 1.38 bits per heavy atom. The maximum atomic E-state index is 13.3. The standard InChI is InChI=1S/C13H17F3N6O2/c1-22-7-6-17-10(22)12(24,13(14,15)16)3-5-18-11(23)19-8-9-2-4-20-21-9/h2,4,6-7,24H,3,5,8H2,1H3,(H,20,21)(H2,18,19,23)/t12-/m0/s1. The normalized spacial score (nSPS) is 14.2. The lowest BCUT2D eigenvalue weighted by molar-refractivity contribution is -0.272. The summed E-state index contributed by atoms with van der Waals surface area (Å²) in [6, 6.07) is 0.984. The summed E-state index contributed by atoms with van der Waals surface area (Å²) in [5.41, 5.74) is -2.51. The smallest absolute Gasteiger partial charge is 0.374 e. The molecule has 0 spiro atoms. The Morgan fingerprint density at radius 2 is 2.12 bits per heavy atom. The number of hydrogen-bond donors (Lipinski definition) is 4. The molecule has 24 heavy (non-hydrogen) atoms. The van der Waals surface area contributed by atoms with Gasteiger partial charge in [0.1, 0.15) is 5.82 Å². The minimum atomic E-state index is -4.93. The Morgan fingerprint density at radius 3 is 2.67 bits per heavy atom. The van der Waals surface area contributed by atoms with E-state index in [9.17, 15) is 23.1 Å². The summed E-state index contributed by atoms with van der Waals surface area (Å²) < 4.78 is 40.9. The minimum absolute atomic E-state index is 0.148. The van der Waals surface area contributed by atoms with Gasteiger partial charge in [-0.2, -0.15) is 18.3 Å². The third-order valence-electron chi connectivity index (χ3n) is 3.43. The maximum absolute atomic E-state index is 13.3. The topological polar surface area (TPSA) is 108 Å². The molecule has 0 aromatic carbocycles.